The normalized spacial score (nSPS) is 16.3. The van der Waals surface area contributed by atoms with Crippen LogP contribution in [0.15, 0.2) is 60.7 Å². The Balaban J connectivity index is 0.000000400. The molecule has 2 rings (SSSR count). The molecular weight excluding hydrogens is 288 g/mol. The third kappa shape index (κ3) is 7.81. The Morgan fingerprint density at radius 1 is 1.00 bits per heavy atom. The molecule has 1 unspecified atom stereocenters. The molecule has 0 saturated carbocycles. The summed E-state index contributed by atoms with van der Waals surface area (Å²) in [7, 11) is 0. The number of benzene rings is 1. The van der Waals surface area contributed by atoms with Crippen molar-refractivity contribution in [2.45, 2.75) is 73.1 Å². The maximum atomic E-state index is 3.81. The standard InChI is InChI=1S/2C11H16.C2H6/c1-4-10-7-6-9(3)8-11(10)5-2;1-3-7-11-9-6-5-8-10(11)4-2;1-2/h4-5,9H,1-2,6-8H2,3H3;5-6,8-9H,3-4,7H2,1-2H3;1-2H3. The van der Waals surface area contributed by atoms with Crippen molar-refractivity contribution in [3.63, 3.8) is 0 Å². The second kappa shape index (κ2) is 13.8. The van der Waals surface area contributed by atoms with Crippen LogP contribution in [0.1, 0.15) is 71.4 Å². The van der Waals surface area contributed by atoms with Gasteiger partial charge in [0, 0.05) is 0 Å². The summed E-state index contributed by atoms with van der Waals surface area (Å²) in [4.78, 5) is 0. The van der Waals surface area contributed by atoms with Gasteiger partial charge in [0.05, 0.1) is 0 Å². The zero-order valence-corrected chi connectivity index (χ0v) is 16.7. The lowest BCUT2D eigenvalue weighted by Gasteiger charge is -2.20. The van der Waals surface area contributed by atoms with Crippen LogP contribution in [0.4, 0.5) is 0 Å². The molecule has 0 nitrogen and oxygen atoms in total. The molecule has 0 radical (unpaired) electrons. The van der Waals surface area contributed by atoms with Crippen LogP contribution in [0.5, 0.6) is 0 Å². The first-order valence-corrected chi connectivity index (χ1v) is 9.69. The van der Waals surface area contributed by atoms with E-state index in [9.17, 15) is 0 Å². The molecule has 1 aromatic carbocycles. The van der Waals surface area contributed by atoms with Crippen LogP contribution in [0.25, 0.3) is 0 Å². The van der Waals surface area contributed by atoms with Gasteiger partial charge in [-0.05, 0) is 60.3 Å². The third-order valence-electron chi connectivity index (χ3n) is 4.40. The minimum atomic E-state index is 0.826. The zero-order chi connectivity index (χ0) is 18.4. The van der Waals surface area contributed by atoms with Crippen molar-refractivity contribution < 1.29 is 0 Å². The smallest absolute Gasteiger partial charge is 0.0250 e. The van der Waals surface area contributed by atoms with E-state index in [1.165, 1.54) is 54.4 Å². The predicted molar refractivity (Wildman–Crippen MR) is 112 cm³/mol. The van der Waals surface area contributed by atoms with E-state index in [4.69, 9.17) is 0 Å². The quantitative estimate of drug-likeness (QED) is 0.520. The van der Waals surface area contributed by atoms with E-state index < -0.39 is 0 Å². The fraction of sp³-hybridized carbons (Fsp3) is 0.500. The second-order valence-corrected chi connectivity index (χ2v) is 6.18. The molecule has 1 atom stereocenters. The molecule has 0 saturated heterocycles. The molecule has 0 amide bonds. The number of hydrogen-bond donors (Lipinski definition) is 0. The van der Waals surface area contributed by atoms with Crippen LogP contribution in [0, 0.1) is 5.92 Å². The average Bonchev–Trinajstić information content (AvgIpc) is 2.64. The van der Waals surface area contributed by atoms with E-state index >= 15 is 0 Å². The van der Waals surface area contributed by atoms with Gasteiger partial charge < -0.3 is 0 Å². The number of aryl methyl sites for hydroxylation is 2. The van der Waals surface area contributed by atoms with Gasteiger partial charge in [-0.15, -0.1) is 0 Å². The van der Waals surface area contributed by atoms with Crippen molar-refractivity contribution in [1.82, 2.24) is 0 Å². The Labute approximate surface area is 151 Å². The minimum Gasteiger partial charge on any atom is -0.0988 e. The summed E-state index contributed by atoms with van der Waals surface area (Å²) < 4.78 is 0. The maximum Gasteiger partial charge on any atom is -0.0250 e. The molecule has 0 spiro atoms. The van der Waals surface area contributed by atoms with Crippen LogP contribution >= 0.6 is 0 Å². The molecule has 1 aliphatic carbocycles. The maximum absolute atomic E-state index is 3.81. The van der Waals surface area contributed by atoms with Gasteiger partial charge in [-0.2, -0.15) is 0 Å². The zero-order valence-electron chi connectivity index (χ0n) is 16.7. The molecule has 0 heteroatoms. The largest absolute Gasteiger partial charge is 0.0988 e. The predicted octanol–water partition coefficient (Wildman–Crippen LogP) is 7.70. The first-order valence-electron chi connectivity index (χ1n) is 9.69. The van der Waals surface area contributed by atoms with Crippen LogP contribution in [0.3, 0.4) is 0 Å². The highest BCUT2D eigenvalue weighted by atomic mass is 14.2. The monoisotopic (exact) mass is 326 g/mol. The Morgan fingerprint density at radius 3 is 2.08 bits per heavy atom. The Hall–Kier alpha value is -1.56. The molecule has 0 aromatic heterocycles. The fourth-order valence-corrected chi connectivity index (χ4v) is 3.03. The first-order chi connectivity index (χ1) is 11.7. The summed E-state index contributed by atoms with van der Waals surface area (Å²) in [6.07, 6.45) is 11.3. The van der Waals surface area contributed by atoms with Gasteiger partial charge in [-0.25, -0.2) is 0 Å². The minimum absolute atomic E-state index is 0.826. The lowest BCUT2D eigenvalue weighted by Crippen LogP contribution is -2.04. The van der Waals surface area contributed by atoms with Gasteiger partial charge in [0.15, 0.2) is 0 Å². The summed E-state index contributed by atoms with van der Waals surface area (Å²) >= 11 is 0. The number of hydrogen-bond acceptors (Lipinski definition) is 0. The van der Waals surface area contributed by atoms with E-state index in [1.54, 1.807) is 0 Å². The van der Waals surface area contributed by atoms with Crippen molar-refractivity contribution in [2.24, 2.45) is 5.92 Å². The first kappa shape index (κ1) is 22.4. The lowest BCUT2D eigenvalue weighted by atomic mass is 9.85. The molecule has 134 valence electrons. The van der Waals surface area contributed by atoms with Crippen molar-refractivity contribution in [2.75, 3.05) is 0 Å². The second-order valence-electron chi connectivity index (χ2n) is 6.18. The Bertz CT molecular complexity index is 505. The molecule has 1 aliphatic rings. The molecule has 24 heavy (non-hydrogen) atoms. The highest BCUT2D eigenvalue weighted by Crippen LogP contribution is 2.29. The molecule has 0 bridgehead atoms. The van der Waals surface area contributed by atoms with E-state index in [0.29, 0.717) is 0 Å². The molecule has 0 fully saturated rings. The van der Waals surface area contributed by atoms with Gasteiger partial charge in [0.1, 0.15) is 0 Å². The Morgan fingerprint density at radius 2 is 1.58 bits per heavy atom. The lowest BCUT2D eigenvalue weighted by molar-refractivity contribution is 0.507. The topological polar surface area (TPSA) is 0 Å². The molecule has 1 aromatic rings. The van der Waals surface area contributed by atoms with Gasteiger partial charge in [0.2, 0.25) is 0 Å². The summed E-state index contributed by atoms with van der Waals surface area (Å²) in [5, 5.41) is 0. The summed E-state index contributed by atoms with van der Waals surface area (Å²) in [6.45, 7) is 18.4. The highest BCUT2D eigenvalue weighted by Gasteiger charge is 2.13. The van der Waals surface area contributed by atoms with Crippen LogP contribution < -0.4 is 0 Å². The van der Waals surface area contributed by atoms with E-state index in [-0.39, 0.29) is 0 Å². The highest BCUT2D eigenvalue weighted by molar-refractivity contribution is 5.33. The van der Waals surface area contributed by atoms with Gasteiger partial charge in [0.25, 0.3) is 0 Å². The van der Waals surface area contributed by atoms with Gasteiger partial charge in [-0.3, -0.25) is 0 Å². The van der Waals surface area contributed by atoms with E-state index in [1.807, 2.05) is 26.0 Å². The van der Waals surface area contributed by atoms with Crippen molar-refractivity contribution in [1.29, 1.82) is 0 Å². The van der Waals surface area contributed by atoms with Crippen LogP contribution in [-0.4, -0.2) is 0 Å². The van der Waals surface area contributed by atoms with E-state index in [0.717, 1.165) is 12.3 Å². The van der Waals surface area contributed by atoms with Crippen LogP contribution in [-0.2, 0) is 12.8 Å². The van der Waals surface area contributed by atoms with Gasteiger partial charge >= 0.3 is 0 Å². The summed E-state index contributed by atoms with van der Waals surface area (Å²) in [6, 6.07) is 8.72. The van der Waals surface area contributed by atoms with Crippen molar-refractivity contribution in [3.05, 3.63) is 71.8 Å². The third-order valence-corrected chi connectivity index (χ3v) is 4.40. The molecule has 0 aliphatic heterocycles. The number of rotatable bonds is 5. The average molecular weight is 327 g/mol. The fourth-order valence-electron chi connectivity index (χ4n) is 3.03. The summed E-state index contributed by atoms with van der Waals surface area (Å²) in [5.74, 6) is 0.826. The molecule has 0 N–H and O–H groups in total. The van der Waals surface area contributed by atoms with Crippen molar-refractivity contribution >= 4 is 0 Å². The van der Waals surface area contributed by atoms with Crippen LogP contribution in [0.2, 0.25) is 0 Å². The van der Waals surface area contributed by atoms with Gasteiger partial charge in [-0.1, -0.05) is 90.6 Å². The summed E-state index contributed by atoms with van der Waals surface area (Å²) in [5.41, 5.74) is 5.84. The Kier molecular flexibility index (Phi) is 12.9. The van der Waals surface area contributed by atoms with Crippen molar-refractivity contribution in [3.8, 4) is 0 Å². The van der Waals surface area contributed by atoms with E-state index in [2.05, 4.69) is 58.2 Å². The molecular formula is C24H38. The SMILES string of the molecule is C=CC1=C(C=C)CC(C)CC1.CC.CCCc1ccccc1CC. The molecule has 0 heterocycles. The number of allylic oxidation sites excluding steroid dienone is 4.